The van der Waals surface area contributed by atoms with Crippen LogP contribution in [0.15, 0.2) is 30.3 Å². The number of nitrogens with zero attached hydrogens (tertiary/aromatic N) is 2. The van der Waals surface area contributed by atoms with Gasteiger partial charge in [0.2, 0.25) is 0 Å². The lowest BCUT2D eigenvalue weighted by Gasteiger charge is -2.10. The fourth-order valence-corrected chi connectivity index (χ4v) is 2.38. The van der Waals surface area contributed by atoms with Gasteiger partial charge in [0, 0.05) is 11.6 Å². The summed E-state index contributed by atoms with van der Waals surface area (Å²) in [7, 11) is -1.62. The van der Waals surface area contributed by atoms with Crippen molar-refractivity contribution in [2.24, 2.45) is 0 Å². The van der Waals surface area contributed by atoms with Crippen molar-refractivity contribution < 1.29 is 26.3 Å². The Hall–Kier alpha value is -2.21. The third-order valence-electron chi connectivity index (χ3n) is 2.98. The minimum absolute atomic E-state index is 0.00107. The maximum Gasteiger partial charge on any atom is 0.435 e. The minimum atomic E-state index is -4.97. The number of hydrogen-bond donors (Lipinski definition) is 0. The Morgan fingerprint density at radius 2 is 1.48 bits per heavy atom. The summed E-state index contributed by atoms with van der Waals surface area (Å²) in [6.07, 6.45) is -9.93. The average molecular weight is 376 g/mol. The van der Waals surface area contributed by atoms with Gasteiger partial charge in [-0.25, -0.2) is 4.68 Å². The standard InChI is InChI=1S/C16H14F6N2Si/c1-25(2,3)9-8-11-4-6-12(7-5-11)24-14(16(20,21)22)10-13(23-24)15(17,18)19/h4-7,10H,1-3H3. The van der Waals surface area contributed by atoms with E-state index in [0.717, 1.165) is 0 Å². The highest BCUT2D eigenvalue weighted by Gasteiger charge is 2.42. The first kappa shape index (κ1) is 19.1. The summed E-state index contributed by atoms with van der Waals surface area (Å²) in [5.74, 6) is 2.92. The van der Waals surface area contributed by atoms with Gasteiger partial charge >= 0.3 is 12.4 Å². The van der Waals surface area contributed by atoms with Crippen LogP contribution in [0.3, 0.4) is 0 Å². The summed E-state index contributed by atoms with van der Waals surface area (Å²) in [5, 5.41) is 3.08. The molecule has 0 aliphatic heterocycles. The Morgan fingerprint density at radius 1 is 0.920 bits per heavy atom. The lowest BCUT2D eigenvalue weighted by atomic mass is 10.2. The zero-order valence-electron chi connectivity index (χ0n) is 13.5. The normalized spacial score (nSPS) is 12.7. The molecule has 0 aliphatic carbocycles. The molecule has 0 fully saturated rings. The Morgan fingerprint density at radius 3 is 1.92 bits per heavy atom. The van der Waals surface area contributed by atoms with Crippen molar-refractivity contribution in [1.29, 1.82) is 0 Å². The molecule has 2 nitrogen and oxygen atoms in total. The third-order valence-corrected chi connectivity index (χ3v) is 3.86. The molecule has 2 aromatic rings. The molecule has 0 saturated carbocycles. The first-order valence-electron chi connectivity index (χ1n) is 7.15. The molecule has 1 aromatic carbocycles. The molecule has 1 aromatic heterocycles. The second kappa shape index (κ2) is 6.26. The lowest BCUT2D eigenvalue weighted by molar-refractivity contribution is -0.143. The Bertz CT molecular complexity index is 814. The van der Waals surface area contributed by atoms with Gasteiger partial charge < -0.3 is 0 Å². The SMILES string of the molecule is C[Si](C)(C)C#Cc1ccc(-n2nc(C(F)(F)F)cc2C(F)(F)F)cc1. The van der Waals surface area contributed by atoms with E-state index in [2.05, 4.69) is 16.6 Å². The zero-order valence-corrected chi connectivity index (χ0v) is 14.5. The van der Waals surface area contributed by atoms with Crippen LogP contribution in [0.4, 0.5) is 26.3 Å². The molecule has 0 atom stereocenters. The van der Waals surface area contributed by atoms with Gasteiger partial charge in [-0.05, 0) is 24.3 Å². The highest BCUT2D eigenvalue weighted by molar-refractivity contribution is 6.83. The molecule has 0 saturated heterocycles. The summed E-state index contributed by atoms with van der Waals surface area (Å²) in [5.41, 5.74) is 0.463. The summed E-state index contributed by atoms with van der Waals surface area (Å²) in [4.78, 5) is 0. The van der Waals surface area contributed by atoms with Gasteiger partial charge in [0.05, 0.1) is 5.69 Å². The van der Waals surface area contributed by atoms with Crippen molar-refractivity contribution in [3.63, 3.8) is 0 Å². The number of benzene rings is 1. The van der Waals surface area contributed by atoms with Crippen LogP contribution >= 0.6 is 0 Å². The number of alkyl halides is 6. The molecule has 0 unspecified atom stereocenters. The predicted octanol–water partition coefficient (Wildman–Crippen LogP) is 5.14. The van der Waals surface area contributed by atoms with Crippen molar-refractivity contribution in [1.82, 2.24) is 9.78 Å². The highest BCUT2D eigenvalue weighted by Crippen LogP contribution is 2.36. The number of aromatic nitrogens is 2. The molecule has 0 aliphatic rings. The molecule has 0 bridgehead atoms. The topological polar surface area (TPSA) is 17.8 Å². The molecule has 0 radical (unpaired) electrons. The number of halogens is 6. The molecule has 1 heterocycles. The monoisotopic (exact) mass is 376 g/mol. The second-order valence-electron chi connectivity index (χ2n) is 6.37. The van der Waals surface area contributed by atoms with Crippen LogP contribution in [0, 0.1) is 11.5 Å². The van der Waals surface area contributed by atoms with Gasteiger partial charge in [0.15, 0.2) is 5.69 Å². The van der Waals surface area contributed by atoms with Crippen molar-refractivity contribution in [2.45, 2.75) is 32.0 Å². The minimum Gasteiger partial charge on any atom is -0.228 e. The van der Waals surface area contributed by atoms with Crippen LogP contribution in [-0.4, -0.2) is 17.9 Å². The van der Waals surface area contributed by atoms with Crippen LogP contribution in [0.25, 0.3) is 5.69 Å². The van der Waals surface area contributed by atoms with E-state index < -0.39 is 31.8 Å². The van der Waals surface area contributed by atoms with Crippen LogP contribution in [0.5, 0.6) is 0 Å². The van der Waals surface area contributed by atoms with E-state index in [0.29, 0.717) is 5.56 Å². The second-order valence-corrected chi connectivity index (χ2v) is 11.1. The van der Waals surface area contributed by atoms with Crippen molar-refractivity contribution in [2.75, 3.05) is 0 Å². The number of hydrogen-bond acceptors (Lipinski definition) is 1. The van der Waals surface area contributed by atoms with Crippen LogP contribution in [-0.2, 0) is 12.4 Å². The van der Waals surface area contributed by atoms with Crippen LogP contribution in [0.1, 0.15) is 17.0 Å². The van der Waals surface area contributed by atoms with E-state index in [1.165, 1.54) is 24.3 Å². The zero-order chi connectivity index (χ0) is 19.0. The summed E-state index contributed by atoms with van der Waals surface area (Å²) in [6, 6.07) is 5.43. The van der Waals surface area contributed by atoms with Crippen molar-refractivity contribution in [3.05, 3.63) is 47.3 Å². The quantitative estimate of drug-likeness (QED) is 0.383. The predicted molar refractivity (Wildman–Crippen MR) is 83.8 cm³/mol. The molecule has 9 heteroatoms. The van der Waals surface area contributed by atoms with E-state index in [9.17, 15) is 26.3 Å². The molecule has 0 spiro atoms. The average Bonchev–Trinajstić information content (AvgIpc) is 2.90. The molecular formula is C16H14F6N2Si. The Labute approximate surface area is 141 Å². The van der Waals surface area contributed by atoms with E-state index in [-0.39, 0.29) is 16.4 Å². The van der Waals surface area contributed by atoms with Gasteiger partial charge in [-0.15, -0.1) is 5.54 Å². The van der Waals surface area contributed by atoms with Gasteiger partial charge in [0.25, 0.3) is 0 Å². The van der Waals surface area contributed by atoms with Crippen molar-refractivity contribution >= 4 is 8.07 Å². The fourth-order valence-electron chi connectivity index (χ4n) is 1.86. The molecule has 134 valence electrons. The molecule has 0 N–H and O–H groups in total. The first-order chi connectivity index (χ1) is 11.3. The molecule has 25 heavy (non-hydrogen) atoms. The molecular weight excluding hydrogens is 362 g/mol. The van der Waals surface area contributed by atoms with E-state index >= 15 is 0 Å². The maximum absolute atomic E-state index is 13.0. The van der Waals surface area contributed by atoms with Gasteiger partial charge in [0.1, 0.15) is 13.8 Å². The third kappa shape index (κ3) is 4.89. The van der Waals surface area contributed by atoms with Crippen LogP contribution < -0.4 is 0 Å². The summed E-state index contributed by atoms with van der Waals surface area (Å²) >= 11 is 0. The highest BCUT2D eigenvalue weighted by atomic mass is 28.3. The lowest BCUT2D eigenvalue weighted by Crippen LogP contribution is -2.16. The summed E-state index contributed by atoms with van der Waals surface area (Å²) in [6.45, 7) is 6.10. The van der Waals surface area contributed by atoms with E-state index in [1.807, 2.05) is 19.6 Å². The Balaban J connectivity index is 2.47. The van der Waals surface area contributed by atoms with Gasteiger partial charge in [-0.2, -0.15) is 31.4 Å². The smallest absolute Gasteiger partial charge is 0.228 e. The fraction of sp³-hybridized carbons (Fsp3) is 0.312. The molecule has 2 rings (SSSR count). The van der Waals surface area contributed by atoms with Gasteiger partial charge in [-0.3, -0.25) is 0 Å². The van der Waals surface area contributed by atoms with E-state index in [4.69, 9.17) is 0 Å². The van der Waals surface area contributed by atoms with Gasteiger partial charge in [-0.1, -0.05) is 25.6 Å². The maximum atomic E-state index is 13.0. The van der Waals surface area contributed by atoms with Crippen LogP contribution in [0.2, 0.25) is 19.6 Å². The van der Waals surface area contributed by atoms with E-state index in [1.54, 1.807) is 0 Å². The summed E-state index contributed by atoms with van der Waals surface area (Å²) < 4.78 is 77.4. The van der Waals surface area contributed by atoms with Crippen molar-refractivity contribution in [3.8, 4) is 17.2 Å². The Kier molecular flexibility index (Phi) is 4.78. The number of rotatable bonds is 1. The largest absolute Gasteiger partial charge is 0.435 e. The first-order valence-corrected chi connectivity index (χ1v) is 10.7. The molecule has 0 amide bonds.